The Labute approximate surface area is 217 Å². The molecule has 0 unspecified atom stereocenters. The molecule has 200 valence electrons. The normalized spacial score (nSPS) is 10.2. The molecule has 0 aliphatic heterocycles. The fourth-order valence-electron chi connectivity index (χ4n) is 3.35. The Morgan fingerprint density at radius 1 is 0.946 bits per heavy atom. The molecule has 0 saturated heterocycles. The number of rotatable bonds is 6. The van der Waals surface area contributed by atoms with Gasteiger partial charge in [0.15, 0.2) is 17.2 Å². The van der Waals surface area contributed by atoms with Crippen molar-refractivity contribution in [2.75, 3.05) is 5.32 Å². The highest BCUT2D eigenvalue weighted by Gasteiger charge is 2.30. The van der Waals surface area contributed by atoms with Crippen molar-refractivity contribution in [2.45, 2.75) is 67.5 Å². The molecule has 0 bridgehead atoms. The summed E-state index contributed by atoms with van der Waals surface area (Å²) in [5, 5.41) is 2.92. The van der Waals surface area contributed by atoms with Gasteiger partial charge in [-0.2, -0.15) is 13.2 Å². The Balaban J connectivity index is 0.00000106. The van der Waals surface area contributed by atoms with Gasteiger partial charge in [-0.25, -0.2) is 9.97 Å². The van der Waals surface area contributed by atoms with Crippen molar-refractivity contribution in [1.29, 1.82) is 0 Å². The average molecular weight is 515 g/mol. The average Bonchev–Trinajstić information content (AvgIpc) is 3.37. The third kappa shape index (κ3) is 8.17. The Hall–Kier alpha value is -3.68. The van der Waals surface area contributed by atoms with Gasteiger partial charge in [-0.1, -0.05) is 72.7 Å². The maximum Gasteiger partial charge on any atom is 0.416 e. The van der Waals surface area contributed by atoms with Gasteiger partial charge in [-0.15, -0.1) is 0 Å². The molecule has 0 fully saturated rings. The van der Waals surface area contributed by atoms with Gasteiger partial charge in [0.05, 0.1) is 17.5 Å². The Morgan fingerprint density at radius 3 is 2.27 bits per heavy atom. The van der Waals surface area contributed by atoms with Crippen molar-refractivity contribution in [3.8, 4) is 11.3 Å². The Morgan fingerprint density at radius 2 is 1.62 bits per heavy atom. The van der Waals surface area contributed by atoms with Crippen LogP contribution >= 0.6 is 0 Å². The summed E-state index contributed by atoms with van der Waals surface area (Å²) in [6, 6.07) is 12.2. The molecule has 0 amide bonds. The zero-order valence-electron chi connectivity index (χ0n) is 22.6. The van der Waals surface area contributed by atoms with Gasteiger partial charge in [0.1, 0.15) is 0 Å². The van der Waals surface area contributed by atoms with Gasteiger partial charge < -0.3 is 5.32 Å². The van der Waals surface area contributed by atoms with E-state index < -0.39 is 11.7 Å². The van der Waals surface area contributed by atoms with E-state index in [0.717, 1.165) is 29.8 Å². The van der Waals surface area contributed by atoms with Crippen molar-refractivity contribution in [1.82, 2.24) is 14.4 Å². The van der Waals surface area contributed by atoms with Crippen LogP contribution in [0.15, 0.2) is 67.1 Å². The molecule has 2 aromatic heterocycles. The molecule has 0 atom stereocenters. The van der Waals surface area contributed by atoms with E-state index in [1.807, 2.05) is 66.7 Å². The molecule has 37 heavy (non-hydrogen) atoms. The van der Waals surface area contributed by atoms with Crippen molar-refractivity contribution in [3.05, 3.63) is 78.2 Å². The third-order valence-electron chi connectivity index (χ3n) is 4.84. The zero-order valence-corrected chi connectivity index (χ0v) is 22.6. The lowest BCUT2D eigenvalue weighted by molar-refractivity contribution is -0.137. The number of ketones is 1. The first kappa shape index (κ1) is 31.4. The first-order valence-corrected chi connectivity index (χ1v) is 12.8. The Bertz CT molecular complexity index is 1250. The Kier molecular flexibility index (Phi) is 13.1. The number of aromatic nitrogens is 3. The summed E-state index contributed by atoms with van der Waals surface area (Å²) in [7, 11) is 0. The van der Waals surface area contributed by atoms with Crippen LogP contribution in [0, 0.1) is 0 Å². The number of imidazole rings is 1. The molecule has 0 saturated carbocycles. The van der Waals surface area contributed by atoms with Crippen LogP contribution in [0.2, 0.25) is 0 Å². The molecule has 8 heteroatoms. The number of anilines is 2. The number of carbonyl (C=O) groups excluding carboxylic acids is 1. The van der Waals surface area contributed by atoms with Crippen LogP contribution in [-0.4, -0.2) is 20.2 Å². The second-order valence-corrected chi connectivity index (χ2v) is 7.07. The van der Waals surface area contributed by atoms with E-state index in [-0.39, 0.29) is 11.5 Å². The fourth-order valence-corrected chi connectivity index (χ4v) is 3.35. The minimum absolute atomic E-state index is 0.0757. The van der Waals surface area contributed by atoms with Crippen LogP contribution in [0.1, 0.15) is 77.2 Å². The van der Waals surface area contributed by atoms with Crippen LogP contribution in [0.3, 0.4) is 0 Å². The highest BCUT2D eigenvalue weighted by molar-refractivity contribution is 5.97. The monoisotopic (exact) mass is 514 g/mol. The molecular formula is C29H37F3N4O. The lowest BCUT2D eigenvalue weighted by atomic mass is 10.0. The number of benzene rings is 2. The second kappa shape index (κ2) is 15.4. The number of nitrogens with zero attached hydrogens (tertiary/aromatic N) is 3. The number of hydrogen-bond acceptors (Lipinski definition) is 4. The first-order chi connectivity index (χ1) is 17.9. The minimum Gasteiger partial charge on any atom is -0.337 e. The van der Waals surface area contributed by atoms with Crippen molar-refractivity contribution in [3.63, 3.8) is 0 Å². The molecule has 5 nitrogen and oxygen atoms in total. The summed E-state index contributed by atoms with van der Waals surface area (Å²) >= 11 is 0. The summed E-state index contributed by atoms with van der Waals surface area (Å²) in [5.41, 5.74) is 2.15. The van der Waals surface area contributed by atoms with Gasteiger partial charge in [-0.3, -0.25) is 9.20 Å². The molecule has 0 spiro atoms. The summed E-state index contributed by atoms with van der Waals surface area (Å²) in [5.74, 6) is 0.401. The van der Waals surface area contributed by atoms with Crippen LogP contribution in [0.25, 0.3) is 16.9 Å². The van der Waals surface area contributed by atoms with Crippen molar-refractivity contribution in [2.24, 2.45) is 0 Å². The fraction of sp³-hybridized carbons (Fsp3) is 0.345. The molecule has 0 radical (unpaired) electrons. The summed E-state index contributed by atoms with van der Waals surface area (Å²) in [6.45, 7) is 14.0. The SMILES string of the molecule is CC.CC.CC.CCCC(=O)c1cccc(-c2cnc3c(Nc4cccc(C(F)(F)F)c4)nccn23)c1. The van der Waals surface area contributed by atoms with Crippen molar-refractivity contribution >= 4 is 22.9 Å². The second-order valence-electron chi connectivity index (χ2n) is 7.07. The van der Waals surface area contributed by atoms with E-state index in [1.165, 1.54) is 12.1 Å². The van der Waals surface area contributed by atoms with Crippen molar-refractivity contribution < 1.29 is 18.0 Å². The molecule has 2 heterocycles. The first-order valence-electron chi connectivity index (χ1n) is 12.8. The highest BCUT2D eigenvalue weighted by Crippen LogP contribution is 2.32. The van der Waals surface area contributed by atoms with Gasteiger partial charge in [-0.05, 0) is 30.7 Å². The van der Waals surface area contributed by atoms with Gasteiger partial charge in [0.2, 0.25) is 0 Å². The third-order valence-corrected chi connectivity index (χ3v) is 4.84. The predicted octanol–water partition coefficient (Wildman–Crippen LogP) is 9.22. The molecule has 4 rings (SSSR count). The minimum atomic E-state index is -4.43. The standard InChI is InChI=1S/C23H19F3N4O.3C2H6/c1-2-5-20(31)16-7-3-6-15(12-16)19-14-28-22-21(27-10-11-30(19)22)29-18-9-4-8-17(13-18)23(24,25)26;3*1-2/h3-4,6-14H,2,5H2,1H3,(H,27,29);3*1-2H3. The molecule has 4 aromatic rings. The van der Waals surface area contributed by atoms with Crippen LogP contribution in [0.4, 0.5) is 24.7 Å². The topological polar surface area (TPSA) is 59.3 Å². The molecule has 0 aliphatic rings. The van der Waals surface area contributed by atoms with Gasteiger partial charge in [0, 0.05) is 35.6 Å². The number of fused-ring (bicyclic) bond motifs is 1. The summed E-state index contributed by atoms with van der Waals surface area (Å²) in [4.78, 5) is 20.9. The number of Topliss-reactive ketones (excluding diaryl/α,β-unsaturated/α-hetero) is 1. The number of halogens is 3. The van der Waals surface area contributed by atoms with Gasteiger partial charge >= 0.3 is 6.18 Å². The zero-order chi connectivity index (χ0) is 28.0. The molecule has 2 aromatic carbocycles. The molecular weight excluding hydrogens is 477 g/mol. The smallest absolute Gasteiger partial charge is 0.337 e. The summed E-state index contributed by atoms with van der Waals surface area (Å²) < 4.78 is 40.8. The van der Waals surface area contributed by atoms with E-state index >= 15 is 0 Å². The van der Waals surface area contributed by atoms with E-state index in [9.17, 15) is 18.0 Å². The van der Waals surface area contributed by atoms with Gasteiger partial charge in [0.25, 0.3) is 0 Å². The molecule has 0 aliphatic carbocycles. The summed E-state index contributed by atoms with van der Waals surface area (Å²) in [6.07, 6.45) is 1.73. The van der Waals surface area contributed by atoms with E-state index in [4.69, 9.17) is 0 Å². The van der Waals surface area contributed by atoms with E-state index in [0.29, 0.717) is 23.4 Å². The molecule has 1 N–H and O–H groups in total. The van der Waals surface area contributed by atoms with Crippen LogP contribution in [-0.2, 0) is 6.18 Å². The van der Waals surface area contributed by atoms with E-state index in [1.54, 1.807) is 29.1 Å². The predicted molar refractivity (Wildman–Crippen MR) is 146 cm³/mol. The maximum absolute atomic E-state index is 13.0. The lowest BCUT2D eigenvalue weighted by Crippen LogP contribution is -2.05. The number of nitrogens with one attached hydrogen (secondary N) is 1. The van der Waals surface area contributed by atoms with Crippen LogP contribution in [0.5, 0.6) is 0 Å². The number of hydrogen-bond donors (Lipinski definition) is 1. The highest BCUT2D eigenvalue weighted by atomic mass is 19.4. The largest absolute Gasteiger partial charge is 0.416 e. The van der Waals surface area contributed by atoms with E-state index in [2.05, 4.69) is 15.3 Å². The quantitative estimate of drug-likeness (QED) is 0.261. The van der Waals surface area contributed by atoms with Crippen LogP contribution < -0.4 is 5.32 Å². The maximum atomic E-state index is 13.0. The lowest BCUT2D eigenvalue weighted by Gasteiger charge is -2.11. The number of alkyl halides is 3. The number of carbonyl (C=O) groups is 1.